The number of ether oxygens (including phenoxy) is 1. The van der Waals surface area contributed by atoms with E-state index >= 15 is 0 Å². The standard InChI is InChI=1S/C21H24FN5O4S2/c1-13-8-15(26-32(2,3)29)10-17-20(13)21(24-12-23-17)25-16-7-6-14(22)9-18(16)31-11-19(28)27-33(4,5)30/h6-10,12H,11H2,1-5H3,(H,23,24,25). The third-order valence-corrected chi connectivity index (χ3v) is 5.41. The van der Waals surface area contributed by atoms with Gasteiger partial charge in [0, 0.05) is 55.9 Å². The van der Waals surface area contributed by atoms with Crippen LogP contribution in [0.4, 0.5) is 21.6 Å². The summed E-state index contributed by atoms with van der Waals surface area (Å²) in [6.45, 7) is 1.34. The maximum atomic E-state index is 13.9. The molecule has 12 heteroatoms. The van der Waals surface area contributed by atoms with Gasteiger partial charge >= 0.3 is 0 Å². The summed E-state index contributed by atoms with van der Waals surface area (Å²) >= 11 is 0. The van der Waals surface area contributed by atoms with E-state index in [2.05, 4.69) is 24.0 Å². The Hall–Kier alpha value is -3.12. The fraction of sp³-hybridized carbons (Fsp3) is 0.286. The SMILES string of the molecule is Cc1cc(N=S(C)(C)=O)cc2ncnc(Nc3ccc(F)cc3OCC(=O)N=S(C)(C)=O)c12. The number of aromatic nitrogens is 2. The van der Waals surface area contributed by atoms with E-state index in [1.807, 2.05) is 6.92 Å². The predicted octanol–water partition coefficient (Wildman–Crippen LogP) is 3.81. The second-order valence-corrected chi connectivity index (χ2v) is 13.0. The number of nitrogens with one attached hydrogen (secondary N) is 1. The summed E-state index contributed by atoms with van der Waals surface area (Å²) in [7, 11) is -4.97. The Labute approximate surface area is 192 Å². The van der Waals surface area contributed by atoms with E-state index < -0.39 is 37.8 Å². The summed E-state index contributed by atoms with van der Waals surface area (Å²) in [6.07, 6.45) is 7.12. The zero-order valence-corrected chi connectivity index (χ0v) is 20.4. The van der Waals surface area contributed by atoms with Crippen LogP contribution in [0.15, 0.2) is 45.4 Å². The van der Waals surface area contributed by atoms with Crippen molar-refractivity contribution in [2.24, 2.45) is 8.73 Å². The fourth-order valence-electron chi connectivity index (χ4n) is 3.03. The maximum Gasteiger partial charge on any atom is 0.291 e. The van der Waals surface area contributed by atoms with Gasteiger partial charge in [-0.25, -0.2) is 22.8 Å². The molecular weight excluding hydrogens is 469 g/mol. The van der Waals surface area contributed by atoms with Crippen molar-refractivity contribution in [2.75, 3.05) is 36.9 Å². The third-order valence-electron chi connectivity index (χ3n) is 4.11. The Balaban J connectivity index is 1.98. The average molecular weight is 494 g/mol. The molecule has 1 aromatic heterocycles. The highest BCUT2D eigenvalue weighted by molar-refractivity contribution is 7.92. The number of halogens is 1. The lowest BCUT2D eigenvalue weighted by molar-refractivity contribution is -0.119. The van der Waals surface area contributed by atoms with Gasteiger partial charge < -0.3 is 10.1 Å². The number of anilines is 2. The van der Waals surface area contributed by atoms with Crippen molar-refractivity contribution in [3.8, 4) is 5.75 Å². The van der Waals surface area contributed by atoms with Gasteiger partial charge in [-0.15, -0.1) is 0 Å². The highest BCUT2D eigenvalue weighted by Gasteiger charge is 2.14. The molecule has 2 aromatic carbocycles. The largest absolute Gasteiger partial charge is 0.481 e. The lowest BCUT2D eigenvalue weighted by atomic mass is 10.1. The summed E-state index contributed by atoms with van der Waals surface area (Å²) in [5.74, 6) is -0.795. The summed E-state index contributed by atoms with van der Waals surface area (Å²) < 4.78 is 50.8. The molecule has 1 N–H and O–H groups in total. The highest BCUT2D eigenvalue weighted by atomic mass is 32.2. The number of hydrogen-bond acceptors (Lipinski definition) is 8. The molecule has 0 atom stereocenters. The molecule has 0 aliphatic heterocycles. The molecule has 0 aliphatic rings. The van der Waals surface area contributed by atoms with Crippen molar-refractivity contribution >= 4 is 53.5 Å². The number of hydrogen-bond donors (Lipinski definition) is 1. The van der Waals surface area contributed by atoms with Gasteiger partial charge in [0.2, 0.25) is 0 Å². The molecule has 0 fully saturated rings. The van der Waals surface area contributed by atoms with E-state index in [1.54, 1.807) is 24.6 Å². The third kappa shape index (κ3) is 6.93. The van der Waals surface area contributed by atoms with E-state index in [0.717, 1.165) is 11.6 Å². The van der Waals surface area contributed by atoms with Gasteiger partial charge in [-0.1, -0.05) is 0 Å². The van der Waals surface area contributed by atoms with Crippen LogP contribution in [0.2, 0.25) is 0 Å². The molecule has 3 rings (SSSR count). The topological polar surface area (TPSA) is 123 Å². The van der Waals surface area contributed by atoms with E-state index in [0.29, 0.717) is 28.1 Å². The van der Waals surface area contributed by atoms with E-state index in [4.69, 9.17) is 4.74 Å². The first-order valence-corrected chi connectivity index (χ1v) is 14.3. The van der Waals surface area contributed by atoms with Crippen molar-refractivity contribution in [3.05, 3.63) is 48.0 Å². The van der Waals surface area contributed by atoms with Crippen LogP contribution in [0.3, 0.4) is 0 Å². The quantitative estimate of drug-likeness (QED) is 0.554. The molecule has 0 bridgehead atoms. The number of nitrogens with zero attached hydrogens (tertiary/aromatic N) is 4. The molecule has 0 spiro atoms. The van der Waals surface area contributed by atoms with Gasteiger partial charge in [-0.05, 0) is 36.8 Å². The number of amides is 1. The van der Waals surface area contributed by atoms with Crippen LogP contribution in [0.1, 0.15) is 5.56 Å². The molecule has 0 radical (unpaired) electrons. The minimum absolute atomic E-state index is 0.0602. The second kappa shape index (κ2) is 9.40. The molecule has 3 aromatic rings. The number of benzene rings is 2. The van der Waals surface area contributed by atoms with Gasteiger partial charge in [-0.3, -0.25) is 4.79 Å². The molecule has 0 aliphatic carbocycles. The number of carbonyl (C=O) groups is 1. The summed E-state index contributed by atoms with van der Waals surface area (Å²) in [4.78, 5) is 20.5. The van der Waals surface area contributed by atoms with Gasteiger partial charge in [-0.2, -0.15) is 8.73 Å². The van der Waals surface area contributed by atoms with Crippen LogP contribution in [0.5, 0.6) is 5.75 Å². The van der Waals surface area contributed by atoms with Gasteiger partial charge in [0.25, 0.3) is 5.91 Å². The monoisotopic (exact) mass is 493 g/mol. The van der Waals surface area contributed by atoms with E-state index in [9.17, 15) is 17.6 Å². The van der Waals surface area contributed by atoms with Gasteiger partial charge in [0.15, 0.2) is 6.61 Å². The maximum absolute atomic E-state index is 13.9. The molecular formula is C21H24FN5O4S2. The Bertz CT molecular complexity index is 1470. The Morgan fingerprint density at radius 3 is 2.48 bits per heavy atom. The Morgan fingerprint density at radius 2 is 1.82 bits per heavy atom. The van der Waals surface area contributed by atoms with E-state index in [-0.39, 0.29) is 5.75 Å². The minimum Gasteiger partial charge on any atom is -0.481 e. The van der Waals surface area contributed by atoms with Crippen molar-refractivity contribution < 1.29 is 22.3 Å². The minimum atomic E-state index is -2.63. The molecule has 1 amide bonds. The van der Waals surface area contributed by atoms with Crippen molar-refractivity contribution in [1.82, 2.24) is 9.97 Å². The summed E-state index contributed by atoms with van der Waals surface area (Å²) in [5, 5.41) is 3.78. The first kappa shape index (κ1) is 24.5. The lowest BCUT2D eigenvalue weighted by Gasteiger charge is -2.14. The Kier molecular flexibility index (Phi) is 6.98. The fourth-order valence-corrected chi connectivity index (χ4v) is 4.19. The first-order chi connectivity index (χ1) is 15.3. The van der Waals surface area contributed by atoms with Gasteiger partial charge in [0.1, 0.15) is 23.7 Å². The van der Waals surface area contributed by atoms with Crippen LogP contribution in [-0.4, -0.2) is 55.9 Å². The molecule has 1 heterocycles. The van der Waals surface area contributed by atoms with Crippen molar-refractivity contribution in [1.29, 1.82) is 0 Å². The second-order valence-electron chi connectivity index (χ2n) is 7.87. The summed E-state index contributed by atoms with van der Waals surface area (Å²) in [5.41, 5.74) is 2.26. The normalized spacial score (nSPS) is 11.8. The zero-order valence-electron chi connectivity index (χ0n) is 18.8. The number of aryl methyl sites for hydroxylation is 1. The van der Waals surface area contributed by atoms with Crippen LogP contribution in [0.25, 0.3) is 10.9 Å². The first-order valence-electron chi connectivity index (χ1n) is 9.62. The summed E-state index contributed by atoms with van der Waals surface area (Å²) in [6, 6.07) is 7.29. The molecule has 176 valence electrons. The molecule has 0 unspecified atom stereocenters. The van der Waals surface area contributed by atoms with E-state index in [1.165, 1.54) is 31.0 Å². The number of fused-ring (bicyclic) bond motifs is 1. The smallest absolute Gasteiger partial charge is 0.291 e. The molecule has 0 saturated heterocycles. The molecule has 33 heavy (non-hydrogen) atoms. The average Bonchev–Trinajstić information content (AvgIpc) is 2.65. The van der Waals surface area contributed by atoms with Crippen molar-refractivity contribution in [3.63, 3.8) is 0 Å². The van der Waals surface area contributed by atoms with Crippen LogP contribution >= 0.6 is 0 Å². The van der Waals surface area contributed by atoms with Gasteiger partial charge in [0.05, 0.1) is 16.9 Å². The number of carbonyl (C=O) groups excluding carboxylic acids is 1. The Morgan fingerprint density at radius 1 is 1.09 bits per heavy atom. The predicted molar refractivity (Wildman–Crippen MR) is 129 cm³/mol. The molecule has 9 nitrogen and oxygen atoms in total. The zero-order chi connectivity index (χ0) is 24.4. The van der Waals surface area contributed by atoms with Crippen molar-refractivity contribution in [2.45, 2.75) is 6.92 Å². The van der Waals surface area contributed by atoms with Crippen LogP contribution in [-0.2, 0) is 24.3 Å². The van der Waals surface area contributed by atoms with Crippen LogP contribution < -0.4 is 10.1 Å². The highest BCUT2D eigenvalue weighted by Crippen LogP contribution is 2.33. The molecule has 0 saturated carbocycles. The van der Waals surface area contributed by atoms with Crippen LogP contribution in [0, 0.1) is 12.7 Å². The lowest BCUT2D eigenvalue weighted by Crippen LogP contribution is -2.12. The number of rotatable bonds is 6.